The van der Waals surface area contributed by atoms with Crippen LogP contribution in [0.4, 0.5) is 17.6 Å². The molecule has 0 radical (unpaired) electrons. The second kappa shape index (κ2) is 8.46. The molecule has 2 aromatic carbocycles. The molecular formula is C19H16ClN7OS. The fourth-order valence-electron chi connectivity index (χ4n) is 2.47. The maximum absolute atomic E-state index is 5.91. The number of nitrogens with two attached hydrogens (primary N) is 1. The lowest BCUT2D eigenvalue weighted by Gasteiger charge is -2.10. The van der Waals surface area contributed by atoms with Crippen molar-refractivity contribution in [3.8, 4) is 11.5 Å². The summed E-state index contributed by atoms with van der Waals surface area (Å²) in [5.41, 5.74) is 7.51. The summed E-state index contributed by atoms with van der Waals surface area (Å²) in [6.45, 7) is 1.93. The first-order chi connectivity index (χ1) is 14.1. The van der Waals surface area contributed by atoms with Crippen LogP contribution in [-0.2, 0) is 0 Å². The van der Waals surface area contributed by atoms with Crippen molar-refractivity contribution in [3.63, 3.8) is 0 Å². The van der Waals surface area contributed by atoms with E-state index in [-0.39, 0.29) is 11.2 Å². The number of halogens is 1. The number of nitrogen functional groups attached to an aromatic ring is 1. The Balaban J connectivity index is 1.50. The topological polar surface area (TPSA) is 116 Å². The van der Waals surface area contributed by atoms with E-state index in [4.69, 9.17) is 21.8 Å². The second-order valence-corrected chi connectivity index (χ2v) is 7.74. The van der Waals surface area contributed by atoms with Gasteiger partial charge in [0.2, 0.25) is 17.8 Å². The number of hydrogen-bond donors (Lipinski definition) is 2. The fourth-order valence-corrected chi connectivity index (χ4v) is 3.32. The minimum atomic E-state index is -0.185. The smallest absolute Gasteiger partial charge is 0.277 e. The highest BCUT2D eigenvalue weighted by Gasteiger charge is 2.18. The second-order valence-electron chi connectivity index (χ2n) is 6.01. The molecule has 0 aliphatic rings. The Labute approximate surface area is 176 Å². The molecule has 0 fully saturated rings. The van der Waals surface area contributed by atoms with Gasteiger partial charge in [-0.1, -0.05) is 41.6 Å². The van der Waals surface area contributed by atoms with Crippen molar-refractivity contribution in [2.75, 3.05) is 11.1 Å². The van der Waals surface area contributed by atoms with Gasteiger partial charge < -0.3 is 15.5 Å². The summed E-state index contributed by atoms with van der Waals surface area (Å²) >= 11 is 7.25. The van der Waals surface area contributed by atoms with E-state index < -0.39 is 0 Å². The molecule has 10 heteroatoms. The largest absolute Gasteiger partial charge is 0.411 e. The highest BCUT2D eigenvalue weighted by atomic mass is 35.5. The van der Waals surface area contributed by atoms with Crippen molar-refractivity contribution in [2.45, 2.75) is 17.4 Å². The van der Waals surface area contributed by atoms with E-state index in [1.807, 2.05) is 49.4 Å². The van der Waals surface area contributed by atoms with Crippen molar-refractivity contribution in [1.82, 2.24) is 25.1 Å². The molecule has 1 atom stereocenters. The van der Waals surface area contributed by atoms with E-state index in [1.165, 1.54) is 11.8 Å². The molecule has 0 aliphatic heterocycles. The van der Waals surface area contributed by atoms with Gasteiger partial charge in [-0.25, -0.2) is 0 Å². The Morgan fingerprint density at radius 2 is 1.76 bits per heavy atom. The summed E-state index contributed by atoms with van der Waals surface area (Å²) in [4.78, 5) is 12.8. The lowest BCUT2D eigenvalue weighted by atomic mass is 10.2. The maximum Gasteiger partial charge on any atom is 0.277 e. The zero-order valence-electron chi connectivity index (χ0n) is 15.3. The Hall–Kier alpha value is -3.17. The number of anilines is 3. The van der Waals surface area contributed by atoms with E-state index in [0.29, 0.717) is 27.9 Å². The van der Waals surface area contributed by atoms with E-state index in [0.717, 1.165) is 11.3 Å². The fraction of sp³-hybridized carbons (Fsp3) is 0.105. The van der Waals surface area contributed by atoms with Gasteiger partial charge in [-0.15, -0.1) is 10.2 Å². The lowest BCUT2D eigenvalue weighted by molar-refractivity contribution is 0.465. The highest BCUT2D eigenvalue weighted by molar-refractivity contribution is 7.99. The van der Waals surface area contributed by atoms with Crippen LogP contribution in [0.1, 0.15) is 18.0 Å². The minimum absolute atomic E-state index is 0.133. The standard InChI is InChI=1S/C19H16ClN7OS/c1-11(29-19-27-26-16(28-19)12-7-9-13(20)10-8-12)15-23-17(21)25-18(24-15)22-14-5-3-2-4-6-14/h2-11H,1H3,(H3,21,22,23,24,25). The number of para-hydroxylation sites is 1. The molecule has 4 aromatic rings. The molecule has 0 spiro atoms. The number of nitrogens with zero attached hydrogens (tertiary/aromatic N) is 5. The first-order valence-electron chi connectivity index (χ1n) is 8.66. The quantitative estimate of drug-likeness (QED) is 0.422. The van der Waals surface area contributed by atoms with Gasteiger partial charge in [0.1, 0.15) is 5.82 Å². The molecular weight excluding hydrogens is 410 g/mol. The molecule has 146 valence electrons. The number of nitrogens with one attached hydrogen (secondary N) is 1. The lowest BCUT2D eigenvalue weighted by Crippen LogP contribution is -2.08. The molecule has 8 nitrogen and oxygen atoms in total. The number of thioether (sulfide) groups is 1. The average molecular weight is 426 g/mol. The molecule has 4 rings (SSSR count). The highest BCUT2D eigenvalue weighted by Crippen LogP contribution is 2.34. The number of aromatic nitrogens is 5. The van der Waals surface area contributed by atoms with Crippen LogP contribution >= 0.6 is 23.4 Å². The molecule has 3 N–H and O–H groups in total. The van der Waals surface area contributed by atoms with Crippen molar-refractivity contribution in [1.29, 1.82) is 0 Å². The molecule has 2 aromatic heterocycles. The third kappa shape index (κ3) is 4.82. The van der Waals surface area contributed by atoms with Gasteiger partial charge in [0.25, 0.3) is 5.22 Å². The molecule has 2 heterocycles. The molecule has 0 aliphatic carbocycles. The van der Waals surface area contributed by atoms with E-state index in [2.05, 4.69) is 30.5 Å². The first-order valence-corrected chi connectivity index (χ1v) is 9.92. The number of hydrogen-bond acceptors (Lipinski definition) is 9. The van der Waals surface area contributed by atoms with Crippen LogP contribution in [-0.4, -0.2) is 25.1 Å². The predicted molar refractivity (Wildman–Crippen MR) is 113 cm³/mol. The van der Waals surface area contributed by atoms with Crippen LogP contribution in [0.25, 0.3) is 11.5 Å². The van der Waals surface area contributed by atoms with Crippen molar-refractivity contribution >= 4 is 40.9 Å². The van der Waals surface area contributed by atoms with Gasteiger partial charge in [-0.3, -0.25) is 0 Å². The number of benzene rings is 2. The number of rotatable bonds is 6. The summed E-state index contributed by atoms with van der Waals surface area (Å²) < 4.78 is 5.74. The summed E-state index contributed by atoms with van der Waals surface area (Å²) in [6.07, 6.45) is 0. The van der Waals surface area contributed by atoms with Gasteiger partial charge in [-0.2, -0.15) is 15.0 Å². The molecule has 1 unspecified atom stereocenters. The van der Waals surface area contributed by atoms with E-state index >= 15 is 0 Å². The van der Waals surface area contributed by atoms with Crippen LogP contribution in [0.5, 0.6) is 0 Å². The van der Waals surface area contributed by atoms with Crippen molar-refractivity contribution in [2.24, 2.45) is 0 Å². The van der Waals surface area contributed by atoms with E-state index in [1.54, 1.807) is 12.1 Å². The van der Waals surface area contributed by atoms with Crippen molar-refractivity contribution < 1.29 is 4.42 Å². The van der Waals surface area contributed by atoms with Crippen LogP contribution in [0.3, 0.4) is 0 Å². The summed E-state index contributed by atoms with van der Waals surface area (Å²) in [6, 6.07) is 16.8. The van der Waals surface area contributed by atoms with Gasteiger partial charge in [-0.05, 0) is 43.3 Å². The van der Waals surface area contributed by atoms with E-state index in [9.17, 15) is 0 Å². The third-order valence-corrected chi connectivity index (χ3v) is 5.02. The zero-order valence-corrected chi connectivity index (χ0v) is 16.9. The van der Waals surface area contributed by atoms with Crippen LogP contribution in [0, 0.1) is 0 Å². The van der Waals surface area contributed by atoms with Crippen LogP contribution in [0.15, 0.2) is 64.2 Å². The van der Waals surface area contributed by atoms with Gasteiger partial charge in [0, 0.05) is 16.3 Å². The zero-order chi connectivity index (χ0) is 20.2. The summed E-state index contributed by atoms with van der Waals surface area (Å²) in [5, 5.41) is 12.2. The summed E-state index contributed by atoms with van der Waals surface area (Å²) in [5.74, 6) is 1.43. The Bertz CT molecular complexity index is 1110. The summed E-state index contributed by atoms with van der Waals surface area (Å²) in [7, 11) is 0. The average Bonchev–Trinajstić information content (AvgIpc) is 3.17. The van der Waals surface area contributed by atoms with Crippen LogP contribution < -0.4 is 11.1 Å². The Morgan fingerprint density at radius 3 is 2.52 bits per heavy atom. The molecule has 0 saturated heterocycles. The predicted octanol–water partition coefficient (Wildman–Crippen LogP) is 4.75. The Morgan fingerprint density at radius 1 is 1.00 bits per heavy atom. The van der Waals surface area contributed by atoms with Crippen LogP contribution in [0.2, 0.25) is 5.02 Å². The Kier molecular flexibility index (Phi) is 5.59. The monoisotopic (exact) mass is 425 g/mol. The molecule has 29 heavy (non-hydrogen) atoms. The molecule has 0 amide bonds. The van der Waals surface area contributed by atoms with Gasteiger partial charge in [0.15, 0.2) is 0 Å². The minimum Gasteiger partial charge on any atom is -0.411 e. The normalized spacial score (nSPS) is 11.9. The molecule has 0 bridgehead atoms. The SMILES string of the molecule is CC(Sc1nnc(-c2ccc(Cl)cc2)o1)c1nc(N)nc(Nc2ccccc2)n1. The van der Waals surface area contributed by atoms with Gasteiger partial charge in [0.05, 0.1) is 5.25 Å². The maximum atomic E-state index is 5.91. The molecule has 0 saturated carbocycles. The third-order valence-electron chi connectivity index (χ3n) is 3.84. The first kappa shape index (κ1) is 19.2. The van der Waals surface area contributed by atoms with Crippen molar-refractivity contribution in [3.05, 3.63) is 65.4 Å². The van der Waals surface area contributed by atoms with Gasteiger partial charge >= 0.3 is 0 Å².